The van der Waals surface area contributed by atoms with Crippen molar-refractivity contribution in [2.45, 2.75) is 25.7 Å². The van der Waals surface area contributed by atoms with E-state index in [0.29, 0.717) is 34.0 Å². The maximum atomic E-state index is 13.5. The highest BCUT2D eigenvalue weighted by Gasteiger charge is 2.45. The number of anilines is 2. The lowest BCUT2D eigenvalue weighted by atomic mass is 9.60. The Balaban J connectivity index is 1.30. The summed E-state index contributed by atoms with van der Waals surface area (Å²) >= 11 is 0. The zero-order valence-corrected chi connectivity index (χ0v) is 25.0. The van der Waals surface area contributed by atoms with Gasteiger partial charge in [-0.2, -0.15) is 0 Å². The Morgan fingerprint density at radius 3 is 1.11 bits per heavy atom. The number of ether oxygens (including phenoxy) is 2. The molecule has 5 aromatic carbocycles. The van der Waals surface area contributed by atoms with Crippen LogP contribution in [0.5, 0.6) is 11.5 Å². The maximum absolute atomic E-state index is 13.5. The summed E-state index contributed by atoms with van der Waals surface area (Å²) < 4.78 is 12.2. The fraction of sp³-hybridized carbons (Fsp3) is 0.105. The summed E-state index contributed by atoms with van der Waals surface area (Å²) in [6.45, 7) is 2.83. The molecular weight excluding hydrogens is 580 g/mol. The van der Waals surface area contributed by atoms with E-state index in [9.17, 15) is 19.2 Å². The van der Waals surface area contributed by atoms with Crippen LogP contribution in [-0.4, -0.2) is 23.8 Å². The second-order valence-corrected chi connectivity index (χ2v) is 11.3. The third kappa shape index (κ3) is 5.09. The predicted octanol–water partition coefficient (Wildman–Crippen LogP) is 7.03. The Morgan fingerprint density at radius 1 is 0.478 bits per heavy atom. The fourth-order valence-electron chi connectivity index (χ4n) is 6.50. The number of amides is 2. The fourth-order valence-corrected chi connectivity index (χ4v) is 6.50. The molecule has 3 aliphatic carbocycles. The lowest BCUT2D eigenvalue weighted by Crippen LogP contribution is -2.29. The van der Waals surface area contributed by atoms with Crippen LogP contribution < -0.4 is 20.1 Å². The highest BCUT2D eigenvalue weighted by atomic mass is 16.5. The van der Waals surface area contributed by atoms with Gasteiger partial charge in [-0.15, -0.1) is 0 Å². The van der Waals surface area contributed by atoms with Crippen LogP contribution in [-0.2, 0) is 9.59 Å². The minimum Gasteiger partial charge on any atom is -0.423 e. The van der Waals surface area contributed by atoms with Crippen LogP contribution in [0.2, 0.25) is 0 Å². The molecule has 0 saturated carbocycles. The zero-order chi connectivity index (χ0) is 31.9. The van der Waals surface area contributed by atoms with E-state index in [0.717, 1.165) is 33.4 Å². The second kappa shape index (κ2) is 11.5. The Bertz CT molecular complexity index is 1860. The highest BCUT2D eigenvalue weighted by Crippen LogP contribution is 2.60. The Labute approximate surface area is 265 Å². The first-order valence-corrected chi connectivity index (χ1v) is 14.8. The standard InChI is InChI=1S/C38H28N2O6/c1-21(41)39-25-15-11-23(12-16-25)37(43)45-31-19-20-32(46-38(44)24-13-17-26(18-14-24)40-22(2)42)36-34-29-9-5-3-7-27(29)33(35(31)36)28-8-4-6-10-30(28)34/h3-20,33-34H,1-2H3,(H,39,41)(H,40,42). The largest absolute Gasteiger partial charge is 0.423 e. The van der Waals surface area contributed by atoms with Gasteiger partial charge in [-0.25, -0.2) is 9.59 Å². The van der Waals surface area contributed by atoms with E-state index in [4.69, 9.17) is 9.47 Å². The molecule has 3 aliphatic rings. The molecule has 46 heavy (non-hydrogen) atoms. The molecule has 0 aliphatic heterocycles. The molecule has 2 amide bonds. The van der Waals surface area contributed by atoms with Gasteiger partial charge in [0.15, 0.2) is 0 Å². The monoisotopic (exact) mass is 608 g/mol. The molecule has 226 valence electrons. The topological polar surface area (TPSA) is 111 Å². The van der Waals surface area contributed by atoms with Crippen LogP contribution in [0.15, 0.2) is 109 Å². The quantitative estimate of drug-likeness (QED) is 0.155. The number of esters is 2. The van der Waals surface area contributed by atoms with E-state index in [1.165, 1.54) is 13.8 Å². The van der Waals surface area contributed by atoms with Crippen molar-refractivity contribution in [1.29, 1.82) is 0 Å². The summed E-state index contributed by atoms with van der Waals surface area (Å²) in [5.41, 5.74) is 7.76. The molecule has 2 N–H and O–H groups in total. The van der Waals surface area contributed by atoms with Gasteiger partial charge in [-0.3, -0.25) is 9.59 Å². The van der Waals surface area contributed by atoms with Gasteiger partial charge in [0.25, 0.3) is 0 Å². The van der Waals surface area contributed by atoms with Crippen LogP contribution >= 0.6 is 0 Å². The third-order valence-corrected chi connectivity index (χ3v) is 8.31. The van der Waals surface area contributed by atoms with Crippen molar-refractivity contribution in [3.05, 3.63) is 154 Å². The van der Waals surface area contributed by atoms with E-state index < -0.39 is 11.9 Å². The summed E-state index contributed by atoms with van der Waals surface area (Å²) in [4.78, 5) is 49.7. The number of hydrogen-bond donors (Lipinski definition) is 2. The maximum Gasteiger partial charge on any atom is 0.343 e. The first kappa shape index (κ1) is 28.7. The lowest BCUT2D eigenvalue weighted by molar-refractivity contribution is -0.115. The van der Waals surface area contributed by atoms with Gasteiger partial charge in [-0.1, -0.05) is 48.5 Å². The molecule has 0 heterocycles. The summed E-state index contributed by atoms with van der Waals surface area (Å²) in [6, 6.07) is 32.7. The first-order valence-electron chi connectivity index (χ1n) is 14.8. The molecule has 0 fully saturated rings. The molecule has 0 saturated heterocycles. The number of carbonyl (C=O) groups excluding carboxylic acids is 4. The molecule has 8 rings (SSSR count). The number of hydrogen-bond acceptors (Lipinski definition) is 6. The molecule has 0 unspecified atom stereocenters. The van der Waals surface area contributed by atoms with Gasteiger partial charge in [0.2, 0.25) is 11.8 Å². The van der Waals surface area contributed by atoms with Crippen LogP contribution in [0.25, 0.3) is 0 Å². The first-order chi connectivity index (χ1) is 22.3. The minimum absolute atomic E-state index is 0.208. The summed E-state index contributed by atoms with van der Waals surface area (Å²) in [5, 5.41) is 5.39. The molecule has 8 heteroatoms. The second-order valence-electron chi connectivity index (χ2n) is 11.3. The lowest BCUT2D eigenvalue weighted by Gasteiger charge is -2.43. The Hall–Kier alpha value is -6.02. The highest BCUT2D eigenvalue weighted by molar-refractivity contribution is 5.95. The summed E-state index contributed by atoms with van der Waals surface area (Å²) in [7, 11) is 0. The van der Waals surface area contributed by atoms with Crippen LogP contribution in [0.4, 0.5) is 11.4 Å². The molecule has 0 radical (unpaired) electrons. The summed E-state index contributed by atoms with van der Waals surface area (Å²) in [5.74, 6) is -1.28. The average Bonchev–Trinajstić information content (AvgIpc) is 3.05. The van der Waals surface area contributed by atoms with Gasteiger partial charge in [0.05, 0.1) is 11.1 Å². The van der Waals surface area contributed by atoms with Crippen molar-refractivity contribution >= 4 is 35.1 Å². The van der Waals surface area contributed by atoms with Gasteiger partial charge >= 0.3 is 11.9 Å². The van der Waals surface area contributed by atoms with Gasteiger partial charge in [-0.05, 0) is 82.9 Å². The van der Waals surface area contributed by atoms with Crippen molar-refractivity contribution in [1.82, 2.24) is 0 Å². The molecule has 2 bridgehead atoms. The Morgan fingerprint density at radius 2 is 0.804 bits per heavy atom. The Kier molecular flexibility index (Phi) is 7.17. The minimum atomic E-state index is -0.552. The van der Waals surface area contributed by atoms with E-state index in [1.807, 2.05) is 24.3 Å². The molecule has 0 aromatic heterocycles. The van der Waals surface area contributed by atoms with Crippen molar-refractivity contribution in [3.8, 4) is 11.5 Å². The van der Waals surface area contributed by atoms with Gasteiger partial charge < -0.3 is 20.1 Å². The number of benzene rings is 5. The van der Waals surface area contributed by atoms with Crippen molar-refractivity contribution < 1.29 is 28.7 Å². The van der Waals surface area contributed by atoms with E-state index in [1.54, 1.807) is 60.7 Å². The van der Waals surface area contributed by atoms with Crippen LogP contribution in [0, 0.1) is 0 Å². The van der Waals surface area contributed by atoms with Gasteiger partial charge in [0.1, 0.15) is 11.5 Å². The molecular formula is C38H28N2O6. The SMILES string of the molecule is CC(=O)Nc1ccc(C(=O)Oc2ccc(OC(=O)c3ccc(NC(C)=O)cc3)c3c2C2c4ccccc4C3c3ccccc32)cc1. The van der Waals surface area contributed by atoms with Crippen LogP contribution in [0.1, 0.15) is 79.8 Å². The summed E-state index contributed by atoms with van der Waals surface area (Å²) in [6.07, 6.45) is 0. The molecule has 8 nitrogen and oxygen atoms in total. The van der Waals surface area contributed by atoms with Gasteiger partial charge in [0, 0.05) is 48.2 Å². The molecule has 0 spiro atoms. The van der Waals surface area contributed by atoms with E-state index in [-0.39, 0.29) is 23.7 Å². The van der Waals surface area contributed by atoms with Crippen molar-refractivity contribution in [3.63, 3.8) is 0 Å². The van der Waals surface area contributed by atoms with Crippen molar-refractivity contribution in [2.75, 3.05) is 10.6 Å². The third-order valence-electron chi connectivity index (χ3n) is 8.31. The van der Waals surface area contributed by atoms with Crippen LogP contribution in [0.3, 0.4) is 0 Å². The normalized spacial score (nSPS) is 15.1. The number of carbonyl (C=O) groups is 4. The molecule has 5 aromatic rings. The smallest absolute Gasteiger partial charge is 0.343 e. The number of rotatable bonds is 6. The zero-order valence-electron chi connectivity index (χ0n) is 25.0. The van der Waals surface area contributed by atoms with E-state index in [2.05, 4.69) is 34.9 Å². The predicted molar refractivity (Wildman–Crippen MR) is 173 cm³/mol. The number of nitrogens with one attached hydrogen (secondary N) is 2. The average molecular weight is 609 g/mol. The van der Waals surface area contributed by atoms with Crippen molar-refractivity contribution in [2.24, 2.45) is 0 Å². The van der Waals surface area contributed by atoms with E-state index >= 15 is 0 Å². The molecule has 0 atom stereocenters.